The Morgan fingerprint density at radius 3 is 2.39 bits per heavy atom. The Balaban J connectivity index is 1.82. The maximum atomic E-state index is 13.5. The average molecular weight is 444 g/mol. The highest BCUT2D eigenvalue weighted by Gasteiger charge is 2.26. The molecule has 168 valence electrons. The average Bonchev–Trinajstić information content (AvgIpc) is 2.77. The summed E-state index contributed by atoms with van der Waals surface area (Å²) in [7, 11) is -3.73. The lowest BCUT2D eigenvalue weighted by atomic mass is 10.0. The largest absolute Gasteiger partial charge is 0.340 e. The molecule has 1 fully saturated rings. The van der Waals surface area contributed by atoms with Crippen molar-refractivity contribution < 1.29 is 13.2 Å². The third kappa shape index (κ3) is 6.15. The Kier molecular flexibility index (Phi) is 7.86. The first-order chi connectivity index (χ1) is 14.8. The van der Waals surface area contributed by atoms with Crippen LogP contribution >= 0.6 is 0 Å². The van der Waals surface area contributed by atoms with Crippen LogP contribution in [0.15, 0.2) is 53.4 Å². The first-order valence-electron chi connectivity index (χ1n) is 10.9. The molecule has 0 saturated carbocycles. The van der Waals surface area contributed by atoms with E-state index in [0.717, 1.165) is 29.8 Å². The molecule has 0 unspecified atom stereocenters. The zero-order valence-corrected chi connectivity index (χ0v) is 19.5. The molecule has 1 saturated heterocycles. The van der Waals surface area contributed by atoms with Gasteiger partial charge < -0.3 is 10.2 Å². The molecule has 31 heavy (non-hydrogen) atoms. The number of amides is 1. The van der Waals surface area contributed by atoms with Crippen LogP contribution in [0, 0.1) is 6.92 Å². The molecule has 3 rings (SSSR count). The molecular weight excluding hydrogens is 410 g/mol. The van der Waals surface area contributed by atoms with Gasteiger partial charge in [0.05, 0.1) is 4.90 Å². The summed E-state index contributed by atoms with van der Waals surface area (Å²) in [4.78, 5) is 14.7. The molecule has 1 amide bonds. The van der Waals surface area contributed by atoms with Crippen molar-refractivity contribution >= 4 is 15.9 Å². The first kappa shape index (κ1) is 23.4. The molecule has 0 bridgehead atoms. The summed E-state index contributed by atoms with van der Waals surface area (Å²) in [5.41, 5.74) is 3.09. The lowest BCUT2D eigenvalue weighted by molar-refractivity contribution is -0.131. The van der Waals surface area contributed by atoms with E-state index in [9.17, 15) is 13.2 Å². The number of sulfonamides is 1. The van der Waals surface area contributed by atoms with Crippen molar-refractivity contribution in [1.82, 2.24) is 14.5 Å². The number of carbonyl (C=O) groups is 1. The Morgan fingerprint density at radius 1 is 1.10 bits per heavy atom. The van der Waals surface area contributed by atoms with Gasteiger partial charge in [0.1, 0.15) is 0 Å². The topological polar surface area (TPSA) is 69.7 Å². The van der Waals surface area contributed by atoms with Crippen LogP contribution in [0.3, 0.4) is 0 Å². The molecule has 0 aromatic heterocycles. The van der Waals surface area contributed by atoms with Crippen molar-refractivity contribution in [2.75, 3.05) is 32.7 Å². The number of nitrogens with one attached hydrogen (secondary N) is 1. The van der Waals surface area contributed by atoms with E-state index in [2.05, 4.69) is 19.2 Å². The summed E-state index contributed by atoms with van der Waals surface area (Å²) in [5, 5.41) is 3.23. The number of aryl methyl sites for hydroxylation is 1. The molecule has 7 heteroatoms. The molecule has 1 aliphatic rings. The fourth-order valence-corrected chi connectivity index (χ4v) is 5.19. The van der Waals surface area contributed by atoms with E-state index in [1.165, 1.54) is 4.31 Å². The molecule has 2 aromatic carbocycles. The van der Waals surface area contributed by atoms with Crippen LogP contribution in [0.2, 0.25) is 0 Å². The summed E-state index contributed by atoms with van der Waals surface area (Å²) >= 11 is 0. The van der Waals surface area contributed by atoms with Crippen LogP contribution in [0.1, 0.15) is 42.9 Å². The lowest BCUT2D eigenvalue weighted by Crippen LogP contribution is -2.47. The molecule has 1 N–H and O–H groups in total. The normalized spacial score (nSPS) is 14.9. The highest BCUT2D eigenvalue weighted by Crippen LogP contribution is 2.22. The van der Waals surface area contributed by atoms with Crippen molar-refractivity contribution in [2.24, 2.45) is 0 Å². The minimum absolute atomic E-state index is 0.00102. The number of carbonyl (C=O) groups excluding carboxylic acids is 1. The van der Waals surface area contributed by atoms with Crippen molar-refractivity contribution in [1.29, 1.82) is 0 Å². The number of hydrogen-bond acceptors (Lipinski definition) is 4. The maximum Gasteiger partial charge on any atom is 0.243 e. The van der Waals surface area contributed by atoms with Crippen LogP contribution < -0.4 is 5.32 Å². The fourth-order valence-electron chi connectivity index (χ4n) is 3.76. The molecule has 0 aliphatic carbocycles. The fraction of sp³-hybridized carbons (Fsp3) is 0.458. The molecule has 1 aliphatic heterocycles. The quantitative estimate of drug-likeness (QED) is 0.681. The lowest BCUT2D eigenvalue weighted by Gasteiger charge is -2.29. The van der Waals surface area contributed by atoms with Crippen LogP contribution in [0.4, 0.5) is 0 Å². The minimum Gasteiger partial charge on any atom is -0.340 e. The van der Waals surface area contributed by atoms with Crippen LogP contribution in [0.5, 0.6) is 0 Å². The summed E-state index contributed by atoms with van der Waals surface area (Å²) in [5.74, 6) is 0.331. The monoisotopic (exact) mass is 443 g/mol. The van der Waals surface area contributed by atoms with Gasteiger partial charge in [0.2, 0.25) is 15.9 Å². The van der Waals surface area contributed by atoms with Gasteiger partial charge in [0.15, 0.2) is 0 Å². The van der Waals surface area contributed by atoms with Crippen molar-refractivity contribution in [3.05, 3.63) is 65.2 Å². The second-order valence-corrected chi connectivity index (χ2v) is 10.4. The van der Waals surface area contributed by atoms with Crippen molar-refractivity contribution in [2.45, 2.75) is 44.6 Å². The highest BCUT2D eigenvalue weighted by molar-refractivity contribution is 7.89. The predicted octanol–water partition coefficient (Wildman–Crippen LogP) is 3.13. The Hall–Kier alpha value is -2.22. The van der Waals surface area contributed by atoms with Gasteiger partial charge in [-0.25, -0.2) is 8.42 Å². The molecule has 0 radical (unpaired) electrons. The molecule has 1 heterocycles. The van der Waals surface area contributed by atoms with Gasteiger partial charge in [-0.3, -0.25) is 4.79 Å². The number of benzene rings is 2. The number of piperazine rings is 1. The standard InChI is InChI=1S/C24H33N3O3S/c1-19(2)22-7-9-23(10-8-22)31(29,30)27(18-21-6-4-5-20(3)17-21)14-11-24(28)26-15-12-25-13-16-26/h4-10,17,19,25H,11-16,18H2,1-3H3. The Morgan fingerprint density at radius 2 is 1.77 bits per heavy atom. The smallest absolute Gasteiger partial charge is 0.243 e. The van der Waals surface area contributed by atoms with E-state index >= 15 is 0 Å². The summed E-state index contributed by atoms with van der Waals surface area (Å²) in [6.07, 6.45) is 0.176. The van der Waals surface area contributed by atoms with Crippen molar-refractivity contribution in [3.63, 3.8) is 0 Å². The molecule has 0 spiro atoms. The van der Waals surface area contributed by atoms with Gasteiger partial charge in [-0.2, -0.15) is 4.31 Å². The number of rotatable bonds is 8. The van der Waals surface area contributed by atoms with Crippen LogP contribution in [0.25, 0.3) is 0 Å². The summed E-state index contributed by atoms with van der Waals surface area (Å²) < 4.78 is 28.4. The Bertz CT molecular complexity index is 981. The Labute approximate surface area is 186 Å². The third-order valence-corrected chi connectivity index (χ3v) is 7.53. The summed E-state index contributed by atoms with van der Waals surface area (Å²) in [6, 6.07) is 14.9. The van der Waals surface area contributed by atoms with Gasteiger partial charge in [-0.15, -0.1) is 0 Å². The zero-order valence-electron chi connectivity index (χ0n) is 18.7. The van der Waals surface area contributed by atoms with Crippen LogP contribution in [-0.4, -0.2) is 56.3 Å². The molecular formula is C24H33N3O3S. The van der Waals surface area contributed by atoms with E-state index in [-0.39, 0.29) is 30.3 Å². The van der Waals surface area contributed by atoms with Gasteiger partial charge in [0.25, 0.3) is 0 Å². The van der Waals surface area contributed by atoms with Crippen LogP contribution in [-0.2, 0) is 21.4 Å². The van der Waals surface area contributed by atoms with E-state index in [0.29, 0.717) is 19.0 Å². The number of hydrogen-bond donors (Lipinski definition) is 1. The van der Waals surface area contributed by atoms with E-state index < -0.39 is 10.0 Å². The minimum atomic E-state index is -3.73. The molecule has 6 nitrogen and oxygen atoms in total. The van der Waals surface area contributed by atoms with Gasteiger partial charge in [-0.1, -0.05) is 55.8 Å². The van der Waals surface area contributed by atoms with E-state index in [1.807, 2.05) is 48.2 Å². The predicted molar refractivity (Wildman–Crippen MR) is 123 cm³/mol. The second kappa shape index (κ2) is 10.4. The molecule has 0 atom stereocenters. The molecule has 2 aromatic rings. The van der Waals surface area contributed by atoms with Gasteiger partial charge >= 0.3 is 0 Å². The maximum absolute atomic E-state index is 13.5. The van der Waals surface area contributed by atoms with E-state index in [1.54, 1.807) is 12.1 Å². The second-order valence-electron chi connectivity index (χ2n) is 8.43. The van der Waals surface area contributed by atoms with E-state index in [4.69, 9.17) is 0 Å². The SMILES string of the molecule is Cc1cccc(CN(CCC(=O)N2CCNCC2)S(=O)(=O)c2ccc(C(C)C)cc2)c1. The summed E-state index contributed by atoms with van der Waals surface area (Å²) in [6.45, 7) is 9.43. The third-order valence-electron chi connectivity index (χ3n) is 5.67. The van der Waals surface area contributed by atoms with Gasteiger partial charge in [-0.05, 0) is 36.1 Å². The van der Waals surface area contributed by atoms with Gasteiger partial charge in [0, 0.05) is 45.7 Å². The van der Waals surface area contributed by atoms with Crippen molar-refractivity contribution in [3.8, 4) is 0 Å². The highest BCUT2D eigenvalue weighted by atomic mass is 32.2. The first-order valence-corrected chi connectivity index (χ1v) is 12.4. The zero-order chi connectivity index (χ0) is 22.4. The number of nitrogens with zero attached hydrogens (tertiary/aromatic N) is 2.